The molecule has 1 N–H and O–H groups in total. The molecule has 0 aliphatic carbocycles. The van der Waals surface area contributed by atoms with Crippen LogP contribution in [0, 0.1) is 13.8 Å². The highest BCUT2D eigenvalue weighted by Gasteiger charge is 2.27. The van der Waals surface area contributed by atoms with Crippen LogP contribution in [0.2, 0.25) is 0 Å². The van der Waals surface area contributed by atoms with Gasteiger partial charge in [-0.25, -0.2) is 14.5 Å². The number of carbonyl (C=O) groups is 1. The first-order chi connectivity index (χ1) is 12.0. The third-order valence-corrected chi connectivity index (χ3v) is 5.68. The van der Waals surface area contributed by atoms with Crippen LogP contribution in [0.15, 0.2) is 22.4 Å². The third kappa shape index (κ3) is 2.86. The number of fused-ring (bicyclic) bond motifs is 1. The van der Waals surface area contributed by atoms with Crippen LogP contribution in [-0.4, -0.2) is 43.5 Å². The number of hydrogen-bond donors (Lipinski definition) is 1. The van der Waals surface area contributed by atoms with E-state index in [2.05, 4.69) is 15.1 Å². The van der Waals surface area contributed by atoms with Gasteiger partial charge in [-0.15, -0.1) is 11.3 Å². The van der Waals surface area contributed by atoms with Crippen molar-refractivity contribution in [3.05, 3.63) is 50.0 Å². The van der Waals surface area contributed by atoms with Crippen LogP contribution >= 0.6 is 11.3 Å². The predicted molar refractivity (Wildman–Crippen MR) is 95.3 cm³/mol. The van der Waals surface area contributed by atoms with E-state index >= 15 is 0 Å². The van der Waals surface area contributed by atoms with Gasteiger partial charge in [0.25, 0.3) is 11.5 Å². The summed E-state index contributed by atoms with van der Waals surface area (Å²) in [5.41, 5.74) is 4.80. The lowest BCUT2D eigenvalue weighted by Gasteiger charge is -2.31. The summed E-state index contributed by atoms with van der Waals surface area (Å²) in [6.07, 6.45) is 1.73. The van der Waals surface area contributed by atoms with Gasteiger partial charge in [-0.2, -0.15) is 0 Å². The molecule has 130 valence electrons. The second-order valence-corrected chi connectivity index (χ2v) is 7.33. The Kier molecular flexibility index (Phi) is 3.91. The number of thiazole rings is 1. The number of aromatic amines is 1. The maximum Gasteiger partial charge on any atom is 0.272 e. The van der Waals surface area contributed by atoms with Gasteiger partial charge >= 0.3 is 0 Å². The molecule has 0 unspecified atom stereocenters. The number of aromatic nitrogens is 4. The van der Waals surface area contributed by atoms with Crippen molar-refractivity contribution < 1.29 is 4.79 Å². The summed E-state index contributed by atoms with van der Waals surface area (Å²) in [5.74, 6) is 0.372. The molecule has 1 fully saturated rings. The Morgan fingerprint density at radius 1 is 1.28 bits per heavy atom. The first-order valence-corrected chi connectivity index (χ1v) is 9.19. The SMILES string of the molecule is Cc1cc(=O)n2[nH]c(C3CCN(C(=O)c4scnc4C)CC3)cc2n1. The summed E-state index contributed by atoms with van der Waals surface area (Å²) < 4.78 is 1.49. The number of carbonyl (C=O) groups excluding carboxylic acids is 1. The summed E-state index contributed by atoms with van der Waals surface area (Å²) in [4.78, 5) is 35.8. The zero-order chi connectivity index (χ0) is 17.6. The summed E-state index contributed by atoms with van der Waals surface area (Å²) >= 11 is 1.40. The molecule has 0 spiro atoms. The smallest absolute Gasteiger partial charge is 0.272 e. The van der Waals surface area contributed by atoms with Gasteiger partial charge in [0.15, 0.2) is 5.65 Å². The van der Waals surface area contributed by atoms with Crippen molar-refractivity contribution in [3.8, 4) is 0 Å². The number of nitrogens with zero attached hydrogens (tertiary/aromatic N) is 4. The lowest BCUT2D eigenvalue weighted by Crippen LogP contribution is -2.38. The zero-order valence-corrected chi connectivity index (χ0v) is 15.0. The van der Waals surface area contributed by atoms with Crippen molar-refractivity contribution in [2.75, 3.05) is 13.1 Å². The Labute approximate surface area is 148 Å². The van der Waals surface area contributed by atoms with E-state index in [9.17, 15) is 9.59 Å². The Morgan fingerprint density at radius 3 is 2.72 bits per heavy atom. The van der Waals surface area contributed by atoms with E-state index in [4.69, 9.17) is 0 Å². The standard InChI is InChI=1S/C17H19N5O2S/c1-10-7-15(23)22-14(19-10)8-13(20-22)12-3-5-21(6-4-12)17(24)16-11(2)18-9-25-16/h7-9,12,20H,3-6H2,1-2H3. The summed E-state index contributed by atoms with van der Waals surface area (Å²) in [5, 5.41) is 3.17. The normalized spacial score (nSPS) is 15.8. The Hall–Kier alpha value is -2.48. The van der Waals surface area contributed by atoms with Gasteiger partial charge in [0, 0.05) is 42.5 Å². The number of amides is 1. The molecular formula is C17H19N5O2S. The fourth-order valence-electron chi connectivity index (χ4n) is 3.38. The molecular weight excluding hydrogens is 338 g/mol. The van der Waals surface area contributed by atoms with Crippen molar-refractivity contribution in [1.29, 1.82) is 0 Å². The molecule has 7 nitrogen and oxygen atoms in total. The minimum Gasteiger partial charge on any atom is -0.338 e. The molecule has 0 aromatic carbocycles. The van der Waals surface area contributed by atoms with Crippen molar-refractivity contribution in [3.63, 3.8) is 0 Å². The second-order valence-electron chi connectivity index (χ2n) is 6.47. The molecule has 8 heteroatoms. The molecule has 4 rings (SSSR count). The molecule has 4 heterocycles. The van der Waals surface area contributed by atoms with Gasteiger partial charge in [-0.3, -0.25) is 14.7 Å². The molecule has 0 saturated carbocycles. The number of rotatable bonds is 2. The number of nitrogens with one attached hydrogen (secondary N) is 1. The Balaban J connectivity index is 1.50. The molecule has 1 aliphatic rings. The van der Waals surface area contributed by atoms with E-state index in [1.54, 1.807) is 5.51 Å². The van der Waals surface area contributed by atoms with E-state index in [1.165, 1.54) is 21.9 Å². The molecule has 3 aromatic heterocycles. The molecule has 0 radical (unpaired) electrons. The van der Waals surface area contributed by atoms with Gasteiger partial charge in [-0.1, -0.05) is 0 Å². The third-order valence-electron chi connectivity index (χ3n) is 4.76. The molecule has 25 heavy (non-hydrogen) atoms. The van der Waals surface area contributed by atoms with Gasteiger partial charge in [0.05, 0.1) is 11.2 Å². The minimum atomic E-state index is -0.0953. The van der Waals surface area contributed by atoms with E-state index in [0.717, 1.165) is 34.8 Å². The van der Waals surface area contributed by atoms with Gasteiger partial charge in [0.1, 0.15) is 4.88 Å². The number of H-pyrrole nitrogens is 1. The first-order valence-electron chi connectivity index (χ1n) is 8.31. The van der Waals surface area contributed by atoms with E-state index in [1.807, 2.05) is 24.8 Å². The number of aryl methyl sites for hydroxylation is 2. The first kappa shape index (κ1) is 16.0. The fraction of sp³-hybridized carbons (Fsp3) is 0.412. The largest absolute Gasteiger partial charge is 0.338 e. The topological polar surface area (TPSA) is 83.4 Å². The lowest BCUT2D eigenvalue weighted by molar-refractivity contribution is 0.0716. The summed E-state index contributed by atoms with van der Waals surface area (Å²) in [6, 6.07) is 3.47. The molecule has 1 amide bonds. The van der Waals surface area contributed by atoms with Crippen molar-refractivity contribution >= 4 is 22.9 Å². The molecule has 1 aliphatic heterocycles. The highest BCUT2D eigenvalue weighted by Crippen LogP contribution is 2.28. The molecule has 3 aromatic rings. The Bertz CT molecular complexity index is 994. The number of likely N-dealkylation sites (tertiary alicyclic amines) is 1. The average molecular weight is 357 g/mol. The molecule has 0 atom stereocenters. The highest BCUT2D eigenvalue weighted by atomic mass is 32.1. The van der Waals surface area contributed by atoms with Crippen LogP contribution in [0.3, 0.4) is 0 Å². The van der Waals surface area contributed by atoms with Crippen LogP contribution in [0.1, 0.15) is 45.5 Å². The van der Waals surface area contributed by atoms with E-state index in [0.29, 0.717) is 24.7 Å². The second kappa shape index (κ2) is 6.11. The lowest BCUT2D eigenvalue weighted by atomic mass is 9.93. The van der Waals surface area contributed by atoms with E-state index in [-0.39, 0.29) is 11.5 Å². The monoisotopic (exact) mass is 357 g/mol. The maximum atomic E-state index is 12.6. The maximum absolute atomic E-state index is 12.6. The van der Waals surface area contributed by atoms with Crippen LogP contribution in [0.5, 0.6) is 0 Å². The summed E-state index contributed by atoms with van der Waals surface area (Å²) in [7, 11) is 0. The van der Waals surface area contributed by atoms with E-state index < -0.39 is 0 Å². The van der Waals surface area contributed by atoms with Crippen LogP contribution < -0.4 is 5.56 Å². The highest BCUT2D eigenvalue weighted by molar-refractivity contribution is 7.11. The Morgan fingerprint density at radius 2 is 2.04 bits per heavy atom. The quantitative estimate of drug-likeness (QED) is 0.761. The van der Waals surface area contributed by atoms with Gasteiger partial charge in [-0.05, 0) is 26.7 Å². The number of hydrogen-bond acceptors (Lipinski definition) is 5. The average Bonchev–Trinajstić information content (AvgIpc) is 3.20. The fourth-order valence-corrected chi connectivity index (χ4v) is 4.15. The predicted octanol–water partition coefficient (Wildman–Crippen LogP) is 2.12. The number of piperidine rings is 1. The van der Waals surface area contributed by atoms with Crippen molar-refractivity contribution in [1.82, 2.24) is 24.5 Å². The molecule has 0 bridgehead atoms. The van der Waals surface area contributed by atoms with Crippen LogP contribution in [0.4, 0.5) is 0 Å². The van der Waals surface area contributed by atoms with Crippen LogP contribution in [-0.2, 0) is 0 Å². The van der Waals surface area contributed by atoms with Crippen LogP contribution in [0.25, 0.3) is 5.65 Å². The minimum absolute atomic E-state index is 0.0728. The van der Waals surface area contributed by atoms with Crippen molar-refractivity contribution in [2.45, 2.75) is 32.6 Å². The molecule has 1 saturated heterocycles. The van der Waals surface area contributed by atoms with Crippen molar-refractivity contribution in [2.24, 2.45) is 0 Å². The summed E-state index contributed by atoms with van der Waals surface area (Å²) in [6.45, 7) is 5.10. The van der Waals surface area contributed by atoms with Gasteiger partial charge < -0.3 is 4.90 Å². The zero-order valence-electron chi connectivity index (χ0n) is 14.2. The van der Waals surface area contributed by atoms with Gasteiger partial charge in [0.2, 0.25) is 0 Å².